The molecule has 0 fully saturated rings. The van der Waals surface area contributed by atoms with Crippen molar-refractivity contribution in [3.8, 4) is 5.88 Å². The Hall–Kier alpha value is -2.70. The number of aromatic nitrogens is 1. The maximum Gasteiger partial charge on any atom is 0.213 e. The molecule has 7 heteroatoms. The molecule has 2 N–H and O–H groups in total. The summed E-state index contributed by atoms with van der Waals surface area (Å²) in [6.45, 7) is 4.96. The SMILES string of the molecule is CCCOc1ccc(CNC(=NC)NC(C)c2ccc(F)cc2F)cn1. The molecule has 0 aliphatic rings. The molecule has 0 aliphatic heterocycles. The lowest BCUT2D eigenvalue weighted by Crippen LogP contribution is -2.38. The van der Waals surface area contributed by atoms with E-state index in [9.17, 15) is 8.78 Å². The van der Waals surface area contributed by atoms with Crippen molar-refractivity contribution in [1.82, 2.24) is 15.6 Å². The van der Waals surface area contributed by atoms with E-state index in [0.717, 1.165) is 18.1 Å². The quantitative estimate of drug-likeness (QED) is 0.584. The number of nitrogens with one attached hydrogen (secondary N) is 2. The summed E-state index contributed by atoms with van der Waals surface area (Å²) >= 11 is 0. The van der Waals surface area contributed by atoms with Crippen LogP contribution in [0, 0.1) is 11.6 Å². The largest absolute Gasteiger partial charge is 0.478 e. The van der Waals surface area contributed by atoms with E-state index in [2.05, 4.69) is 20.6 Å². The molecule has 2 aromatic rings. The zero-order valence-corrected chi connectivity index (χ0v) is 15.2. The molecule has 0 radical (unpaired) electrons. The van der Waals surface area contributed by atoms with Gasteiger partial charge in [0.05, 0.1) is 12.6 Å². The third kappa shape index (κ3) is 5.68. The fourth-order valence-electron chi connectivity index (χ4n) is 2.32. The zero-order valence-electron chi connectivity index (χ0n) is 15.2. The zero-order chi connectivity index (χ0) is 18.9. The summed E-state index contributed by atoms with van der Waals surface area (Å²) in [4.78, 5) is 8.37. The van der Waals surface area contributed by atoms with Gasteiger partial charge in [0.15, 0.2) is 5.96 Å². The number of pyridine rings is 1. The van der Waals surface area contributed by atoms with E-state index in [0.29, 0.717) is 30.6 Å². The predicted octanol–water partition coefficient (Wildman–Crippen LogP) is 3.57. The minimum Gasteiger partial charge on any atom is -0.478 e. The number of nitrogens with zero attached hydrogens (tertiary/aromatic N) is 2. The van der Waals surface area contributed by atoms with Gasteiger partial charge >= 0.3 is 0 Å². The van der Waals surface area contributed by atoms with Crippen molar-refractivity contribution in [1.29, 1.82) is 0 Å². The van der Waals surface area contributed by atoms with Crippen molar-refractivity contribution in [2.45, 2.75) is 32.9 Å². The van der Waals surface area contributed by atoms with Crippen molar-refractivity contribution < 1.29 is 13.5 Å². The van der Waals surface area contributed by atoms with Crippen LogP contribution in [0.1, 0.15) is 37.4 Å². The fraction of sp³-hybridized carbons (Fsp3) is 0.368. The van der Waals surface area contributed by atoms with Crippen LogP contribution in [-0.4, -0.2) is 24.6 Å². The smallest absolute Gasteiger partial charge is 0.213 e. The highest BCUT2D eigenvalue weighted by Crippen LogP contribution is 2.17. The van der Waals surface area contributed by atoms with Gasteiger partial charge in [-0.25, -0.2) is 13.8 Å². The van der Waals surface area contributed by atoms with E-state index in [1.165, 1.54) is 12.1 Å². The Morgan fingerprint density at radius 1 is 1.27 bits per heavy atom. The molecular weight excluding hydrogens is 338 g/mol. The molecule has 0 bridgehead atoms. The van der Waals surface area contributed by atoms with Gasteiger partial charge in [-0.1, -0.05) is 19.1 Å². The van der Waals surface area contributed by atoms with Crippen LogP contribution in [-0.2, 0) is 6.54 Å². The fourth-order valence-corrected chi connectivity index (χ4v) is 2.32. The lowest BCUT2D eigenvalue weighted by atomic mass is 10.1. The molecule has 0 aliphatic carbocycles. The Kier molecular flexibility index (Phi) is 7.32. The van der Waals surface area contributed by atoms with Crippen LogP contribution in [0.15, 0.2) is 41.5 Å². The molecule has 1 aromatic heterocycles. The number of ether oxygens (including phenoxy) is 1. The number of hydrogen-bond acceptors (Lipinski definition) is 3. The molecule has 2 rings (SSSR count). The summed E-state index contributed by atoms with van der Waals surface area (Å²) in [6.07, 6.45) is 2.66. The van der Waals surface area contributed by atoms with E-state index in [-0.39, 0.29) is 6.04 Å². The van der Waals surface area contributed by atoms with Crippen molar-refractivity contribution in [2.24, 2.45) is 4.99 Å². The lowest BCUT2D eigenvalue weighted by Gasteiger charge is -2.19. The van der Waals surface area contributed by atoms with Gasteiger partial charge in [0.25, 0.3) is 0 Å². The van der Waals surface area contributed by atoms with E-state index >= 15 is 0 Å². The molecule has 1 unspecified atom stereocenters. The van der Waals surface area contributed by atoms with Crippen molar-refractivity contribution in [2.75, 3.05) is 13.7 Å². The second-order valence-corrected chi connectivity index (χ2v) is 5.81. The molecule has 1 atom stereocenters. The van der Waals surface area contributed by atoms with Gasteiger partial charge in [-0.3, -0.25) is 4.99 Å². The van der Waals surface area contributed by atoms with Gasteiger partial charge < -0.3 is 15.4 Å². The summed E-state index contributed by atoms with van der Waals surface area (Å²) in [7, 11) is 1.63. The summed E-state index contributed by atoms with van der Waals surface area (Å²) in [5.41, 5.74) is 1.32. The van der Waals surface area contributed by atoms with Crippen LogP contribution in [0.3, 0.4) is 0 Å². The maximum absolute atomic E-state index is 13.9. The average Bonchev–Trinajstić information content (AvgIpc) is 2.64. The summed E-state index contributed by atoms with van der Waals surface area (Å²) in [5.74, 6) is -0.0850. The van der Waals surface area contributed by atoms with Crippen LogP contribution in [0.2, 0.25) is 0 Å². The van der Waals surface area contributed by atoms with E-state index in [4.69, 9.17) is 4.74 Å². The summed E-state index contributed by atoms with van der Waals surface area (Å²) in [5, 5.41) is 6.23. The van der Waals surface area contributed by atoms with Crippen molar-refractivity contribution >= 4 is 5.96 Å². The van der Waals surface area contributed by atoms with Gasteiger partial charge in [-0.05, 0) is 25.0 Å². The van der Waals surface area contributed by atoms with Gasteiger partial charge in [-0.15, -0.1) is 0 Å². The molecule has 1 aromatic carbocycles. The number of guanidine groups is 1. The van der Waals surface area contributed by atoms with E-state index in [1.807, 2.05) is 19.1 Å². The first-order valence-corrected chi connectivity index (χ1v) is 8.53. The van der Waals surface area contributed by atoms with E-state index in [1.54, 1.807) is 20.2 Å². The monoisotopic (exact) mass is 362 g/mol. The average molecular weight is 362 g/mol. The van der Waals surface area contributed by atoms with Gasteiger partial charge in [-0.2, -0.15) is 0 Å². The Morgan fingerprint density at radius 3 is 2.69 bits per heavy atom. The first-order valence-electron chi connectivity index (χ1n) is 8.53. The lowest BCUT2D eigenvalue weighted by molar-refractivity contribution is 0.305. The molecule has 0 spiro atoms. The highest BCUT2D eigenvalue weighted by molar-refractivity contribution is 5.80. The molecule has 0 saturated carbocycles. The highest BCUT2D eigenvalue weighted by Gasteiger charge is 2.13. The van der Waals surface area contributed by atoms with Crippen molar-refractivity contribution in [3.05, 3.63) is 59.3 Å². The number of hydrogen-bond donors (Lipinski definition) is 2. The van der Waals surface area contributed by atoms with Crippen LogP contribution in [0.25, 0.3) is 0 Å². The van der Waals surface area contributed by atoms with Crippen LogP contribution in [0.4, 0.5) is 8.78 Å². The minimum absolute atomic E-state index is 0.369. The molecule has 140 valence electrons. The van der Waals surface area contributed by atoms with Crippen LogP contribution >= 0.6 is 0 Å². The van der Waals surface area contributed by atoms with Gasteiger partial charge in [0, 0.05) is 37.5 Å². The Bertz CT molecular complexity index is 735. The number of rotatable bonds is 7. The van der Waals surface area contributed by atoms with Crippen molar-refractivity contribution in [3.63, 3.8) is 0 Å². The highest BCUT2D eigenvalue weighted by atomic mass is 19.1. The number of benzene rings is 1. The van der Waals surface area contributed by atoms with Crippen LogP contribution in [0.5, 0.6) is 5.88 Å². The molecule has 5 nitrogen and oxygen atoms in total. The Morgan fingerprint density at radius 2 is 2.08 bits per heavy atom. The predicted molar refractivity (Wildman–Crippen MR) is 98.1 cm³/mol. The third-order valence-corrected chi connectivity index (χ3v) is 3.72. The van der Waals surface area contributed by atoms with Crippen LogP contribution < -0.4 is 15.4 Å². The normalized spacial score (nSPS) is 12.6. The minimum atomic E-state index is -0.597. The topological polar surface area (TPSA) is 58.5 Å². The molecule has 1 heterocycles. The molecule has 26 heavy (non-hydrogen) atoms. The molecule has 0 amide bonds. The Balaban J connectivity index is 1.91. The second-order valence-electron chi connectivity index (χ2n) is 5.81. The molecule has 0 saturated heterocycles. The standard InChI is InChI=1S/C19H24F2N4O/c1-4-9-26-18-8-5-14(11-23-18)12-24-19(22-3)25-13(2)16-7-6-15(20)10-17(16)21/h5-8,10-11,13H,4,9,12H2,1-3H3,(H2,22,24,25). The first-order chi connectivity index (χ1) is 12.5. The summed E-state index contributed by atoms with van der Waals surface area (Å²) in [6, 6.07) is 6.90. The van der Waals surface area contributed by atoms with Gasteiger partial charge in [0.2, 0.25) is 5.88 Å². The van der Waals surface area contributed by atoms with E-state index < -0.39 is 11.6 Å². The maximum atomic E-state index is 13.9. The molecular formula is C19H24F2N4O. The second kappa shape index (κ2) is 9.70. The number of halogens is 2. The summed E-state index contributed by atoms with van der Waals surface area (Å²) < 4.78 is 32.4. The third-order valence-electron chi connectivity index (χ3n) is 3.72. The number of aliphatic imine (C=N–C) groups is 1. The first kappa shape index (κ1) is 19.6. The van der Waals surface area contributed by atoms with Gasteiger partial charge in [0.1, 0.15) is 11.6 Å². The Labute approximate surface area is 152 Å².